The molecule has 2 fully saturated rings. The van der Waals surface area contributed by atoms with Gasteiger partial charge in [0.15, 0.2) is 5.60 Å². The Bertz CT molecular complexity index is 1080. The molecule has 7 nitrogen and oxygen atoms in total. The van der Waals surface area contributed by atoms with Gasteiger partial charge in [-0.1, -0.05) is 11.6 Å². The van der Waals surface area contributed by atoms with E-state index in [1.807, 2.05) is 26.0 Å². The number of hydrogen-bond donors (Lipinski definition) is 2. The lowest BCUT2D eigenvalue weighted by Crippen LogP contribution is -2.55. The summed E-state index contributed by atoms with van der Waals surface area (Å²) in [6, 6.07) is 8.16. The van der Waals surface area contributed by atoms with Crippen LogP contribution in [0.3, 0.4) is 0 Å². The third kappa shape index (κ3) is 5.69. The summed E-state index contributed by atoms with van der Waals surface area (Å²) in [7, 11) is 0. The van der Waals surface area contributed by atoms with Crippen molar-refractivity contribution >= 4 is 29.2 Å². The lowest BCUT2D eigenvalue weighted by atomic mass is 9.96. The molecule has 0 radical (unpaired) electrons. The summed E-state index contributed by atoms with van der Waals surface area (Å²) in [5.74, 6) is 0.289. The summed E-state index contributed by atoms with van der Waals surface area (Å²) in [6.07, 6.45) is 5.28. The molecule has 0 spiro atoms. The number of benzene rings is 1. The van der Waals surface area contributed by atoms with Crippen LogP contribution in [-0.2, 0) is 4.79 Å². The number of fused-ring (bicyclic) bond motifs is 2. The van der Waals surface area contributed by atoms with E-state index < -0.39 is 11.4 Å². The minimum Gasteiger partial charge on any atom is -0.476 e. The summed E-state index contributed by atoms with van der Waals surface area (Å²) < 4.78 is 19.2. The van der Waals surface area contributed by atoms with Crippen molar-refractivity contribution in [3.05, 3.63) is 52.9 Å². The number of pyridine rings is 1. The Balaban J connectivity index is 1.38. The molecular weight excluding hydrogens is 471 g/mol. The first-order valence-corrected chi connectivity index (χ1v) is 12.4. The third-order valence-corrected chi connectivity index (χ3v) is 6.86. The number of aromatic nitrogens is 1. The minimum absolute atomic E-state index is 0.0129. The van der Waals surface area contributed by atoms with Crippen molar-refractivity contribution in [3.8, 4) is 5.75 Å². The van der Waals surface area contributed by atoms with Crippen molar-refractivity contribution in [3.63, 3.8) is 0 Å². The van der Waals surface area contributed by atoms with Crippen LogP contribution in [0.5, 0.6) is 5.75 Å². The average molecular weight is 503 g/mol. The number of ether oxygens (including phenoxy) is 1. The molecule has 188 valence electrons. The van der Waals surface area contributed by atoms with Gasteiger partial charge in [0.25, 0.3) is 11.8 Å². The summed E-state index contributed by atoms with van der Waals surface area (Å²) >= 11 is 6.07. The molecule has 2 aliphatic heterocycles. The quantitative estimate of drug-likeness (QED) is 0.583. The van der Waals surface area contributed by atoms with Crippen LogP contribution in [0.1, 0.15) is 63.7 Å². The van der Waals surface area contributed by atoms with Gasteiger partial charge in [0.2, 0.25) is 0 Å². The zero-order valence-electron chi connectivity index (χ0n) is 20.5. The van der Waals surface area contributed by atoms with Crippen LogP contribution in [0.4, 0.5) is 10.2 Å². The molecule has 2 aliphatic rings. The number of hydrogen-bond acceptors (Lipinski definition) is 5. The maximum atomic E-state index is 13.3. The molecule has 35 heavy (non-hydrogen) atoms. The van der Waals surface area contributed by atoms with E-state index in [0.717, 1.165) is 37.6 Å². The number of amides is 2. The number of rotatable bonds is 7. The van der Waals surface area contributed by atoms with Gasteiger partial charge in [-0.25, -0.2) is 9.37 Å². The van der Waals surface area contributed by atoms with Gasteiger partial charge < -0.3 is 20.3 Å². The van der Waals surface area contributed by atoms with Crippen molar-refractivity contribution in [2.75, 3.05) is 4.90 Å². The fourth-order valence-corrected chi connectivity index (χ4v) is 5.13. The van der Waals surface area contributed by atoms with Crippen molar-refractivity contribution in [1.29, 1.82) is 0 Å². The van der Waals surface area contributed by atoms with Crippen LogP contribution in [0.15, 0.2) is 36.5 Å². The second kappa shape index (κ2) is 10.0. The zero-order chi connectivity index (χ0) is 25.3. The fourth-order valence-electron chi connectivity index (χ4n) is 4.93. The van der Waals surface area contributed by atoms with E-state index in [4.69, 9.17) is 16.3 Å². The van der Waals surface area contributed by atoms with Crippen molar-refractivity contribution in [1.82, 2.24) is 15.6 Å². The molecule has 2 aromatic rings. The molecule has 2 saturated heterocycles. The Morgan fingerprint density at radius 3 is 2.43 bits per heavy atom. The van der Waals surface area contributed by atoms with Crippen LogP contribution < -0.4 is 20.3 Å². The first-order valence-electron chi connectivity index (χ1n) is 12.0. The van der Waals surface area contributed by atoms with Gasteiger partial charge in [-0.15, -0.1) is 0 Å². The molecule has 3 heterocycles. The van der Waals surface area contributed by atoms with Crippen LogP contribution in [0.25, 0.3) is 0 Å². The second-order valence-electron chi connectivity index (χ2n) is 10.2. The van der Waals surface area contributed by atoms with Gasteiger partial charge in [0, 0.05) is 30.4 Å². The molecule has 1 aromatic heterocycles. The normalized spacial score (nSPS) is 21.7. The first-order chi connectivity index (χ1) is 16.5. The second-order valence-corrected chi connectivity index (χ2v) is 10.6. The van der Waals surface area contributed by atoms with E-state index in [1.165, 1.54) is 12.1 Å². The molecule has 1 unspecified atom stereocenters. The Morgan fingerprint density at radius 1 is 1.17 bits per heavy atom. The average Bonchev–Trinajstić information content (AvgIpc) is 3.05. The number of halogens is 2. The van der Waals surface area contributed by atoms with E-state index >= 15 is 0 Å². The highest BCUT2D eigenvalue weighted by Crippen LogP contribution is 2.39. The van der Waals surface area contributed by atoms with Crippen LogP contribution in [0, 0.1) is 5.82 Å². The highest BCUT2D eigenvalue weighted by Gasteiger charge is 2.43. The zero-order valence-corrected chi connectivity index (χ0v) is 21.2. The van der Waals surface area contributed by atoms with Gasteiger partial charge in [-0.2, -0.15) is 0 Å². The molecule has 2 bridgehead atoms. The van der Waals surface area contributed by atoms with Crippen LogP contribution in [0.2, 0.25) is 5.02 Å². The van der Waals surface area contributed by atoms with Gasteiger partial charge in [-0.3, -0.25) is 9.59 Å². The van der Waals surface area contributed by atoms with Crippen molar-refractivity contribution in [2.45, 2.75) is 83.1 Å². The minimum atomic E-state index is -1.18. The molecule has 2 amide bonds. The van der Waals surface area contributed by atoms with E-state index in [-0.39, 0.29) is 46.8 Å². The number of nitrogens with one attached hydrogen (secondary N) is 2. The number of carbonyl (C=O) groups is 2. The summed E-state index contributed by atoms with van der Waals surface area (Å²) in [5.41, 5.74) is -0.633. The maximum Gasteiger partial charge on any atom is 0.263 e. The Kier molecular flexibility index (Phi) is 7.22. The maximum absolute atomic E-state index is 13.3. The van der Waals surface area contributed by atoms with E-state index in [0.29, 0.717) is 5.56 Å². The predicted molar refractivity (Wildman–Crippen MR) is 133 cm³/mol. The highest BCUT2D eigenvalue weighted by atomic mass is 35.5. The van der Waals surface area contributed by atoms with Crippen LogP contribution >= 0.6 is 11.6 Å². The van der Waals surface area contributed by atoms with Crippen LogP contribution in [-0.4, -0.2) is 46.6 Å². The van der Waals surface area contributed by atoms with Crippen molar-refractivity contribution < 1.29 is 18.7 Å². The molecular formula is C26H32ClFN4O3. The van der Waals surface area contributed by atoms with Gasteiger partial charge in [-0.05, 0) is 83.7 Å². The molecule has 0 aliphatic carbocycles. The number of anilines is 1. The molecule has 2 N–H and O–H groups in total. The topological polar surface area (TPSA) is 83.6 Å². The molecule has 1 aromatic carbocycles. The van der Waals surface area contributed by atoms with Gasteiger partial charge in [0.1, 0.15) is 17.4 Å². The molecule has 9 heteroatoms. The van der Waals surface area contributed by atoms with E-state index in [9.17, 15) is 14.0 Å². The smallest absolute Gasteiger partial charge is 0.263 e. The van der Waals surface area contributed by atoms with Gasteiger partial charge >= 0.3 is 0 Å². The summed E-state index contributed by atoms with van der Waals surface area (Å²) in [6.45, 7) is 7.19. The molecule has 3 atom stereocenters. The monoisotopic (exact) mass is 502 g/mol. The molecule has 0 saturated carbocycles. The largest absolute Gasteiger partial charge is 0.476 e. The predicted octanol–water partition coefficient (Wildman–Crippen LogP) is 4.49. The third-order valence-electron chi connectivity index (χ3n) is 6.57. The summed E-state index contributed by atoms with van der Waals surface area (Å²) in [4.78, 5) is 32.2. The standard InChI is InChI=1S/C26H32ClFN4O3/c1-15(2)30-24(33)16-5-10-23(29-14-16)32-19-7-8-20(32)13-18(12-19)31-25(34)26(3,4)35-22-9-6-17(28)11-21(22)27/h5-6,9-11,14-15,18-20H,7-8,12-13H2,1-4H3,(H,30,33)(H,31,34)/t18?,19-,20+. The molecule has 4 rings (SSSR count). The first kappa shape index (κ1) is 25.2. The number of nitrogens with zero attached hydrogens (tertiary/aromatic N) is 2. The summed E-state index contributed by atoms with van der Waals surface area (Å²) in [5, 5.41) is 6.14. The lowest BCUT2D eigenvalue weighted by Gasteiger charge is -2.40. The Labute approximate surface area is 210 Å². The number of carbonyl (C=O) groups excluding carboxylic acids is 2. The Morgan fingerprint density at radius 2 is 1.86 bits per heavy atom. The highest BCUT2D eigenvalue weighted by molar-refractivity contribution is 6.32. The van der Waals surface area contributed by atoms with E-state index in [1.54, 1.807) is 20.0 Å². The van der Waals surface area contributed by atoms with Gasteiger partial charge in [0.05, 0.1) is 10.6 Å². The Hall–Kier alpha value is -2.87. The SMILES string of the molecule is CC(C)NC(=O)c1ccc(N2[C@@H]3CC[C@H]2CC(NC(=O)C(C)(C)Oc2ccc(F)cc2Cl)C3)nc1. The lowest BCUT2D eigenvalue weighted by molar-refractivity contribution is -0.135. The van der Waals surface area contributed by atoms with E-state index in [2.05, 4.69) is 20.5 Å². The number of piperidine rings is 1. The fraction of sp³-hybridized carbons (Fsp3) is 0.500. The van der Waals surface area contributed by atoms with Crippen molar-refractivity contribution in [2.24, 2.45) is 0 Å².